The number of nitrogens with zero attached hydrogens (tertiary/aromatic N) is 2. The van der Waals surface area contributed by atoms with Crippen LogP contribution in [0.2, 0.25) is 0 Å². The number of thioether (sulfide) groups is 1. The molecule has 1 aliphatic carbocycles. The third kappa shape index (κ3) is 3.42. The van der Waals surface area contributed by atoms with Gasteiger partial charge in [-0.05, 0) is 39.7 Å². The Kier molecular flexibility index (Phi) is 5.10. The Morgan fingerprint density at radius 2 is 2.16 bits per heavy atom. The van der Waals surface area contributed by atoms with E-state index in [1.807, 2.05) is 20.9 Å². The van der Waals surface area contributed by atoms with Crippen LogP contribution in [-0.2, 0) is 0 Å². The van der Waals surface area contributed by atoms with E-state index in [2.05, 4.69) is 15.5 Å². The normalized spacial score (nSPS) is 18.3. The average molecular weight is 284 g/mol. The number of aromatic nitrogens is 3. The molecule has 1 heterocycles. The lowest BCUT2D eigenvalue weighted by atomic mass is 10.0. The Bertz CT molecular complexity index is 448. The van der Waals surface area contributed by atoms with Crippen molar-refractivity contribution in [3.05, 3.63) is 10.5 Å². The summed E-state index contributed by atoms with van der Waals surface area (Å²) in [6, 6.07) is 0.660. The van der Waals surface area contributed by atoms with E-state index < -0.39 is 0 Å². The Morgan fingerprint density at radius 1 is 1.47 bits per heavy atom. The Hall–Kier alpha value is -0.750. The second-order valence-electron chi connectivity index (χ2n) is 5.53. The predicted molar refractivity (Wildman–Crippen MR) is 78.8 cm³/mol. The molecule has 1 saturated carbocycles. The lowest BCUT2D eigenvalue weighted by Crippen LogP contribution is -2.34. The van der Waals surface area contributed by atoms with Gasteiger partial charge < -0.3 is 5.32 Å². The summed E-state index contributed by atoms with van der Waals surface area (Å²) < 4.78 is 1.73. The fourth-order valence-corrected chi connectivity index (χ4v) is 4.14. The van der Waals surface area contributed by atoms with Crippen LogP contribution < -0.4 is 11.0 Å². The third-order valence-corrected chi connectivity index (χ3v) is 4.99. The molecule has 2 N–H and O–H groups in total. The third-order valence-electron chi connectivity index (χ3n) is 3.92. The summed E-state index contributed by atoms with van der Waals surface area (Å²) in [5.74, 6) is 1.74. The van der Waals surface area contributed by atoms with Crippen LogP contribution in [0, 0.1) is 5.92 Å². The molecule has 6 heteroatoms. The van der Waals surface area contributed by atoms with Gasteiger partial charge in [0.25, 0.3) is 0 Å². The molecule has 0 spiro atoms. The summed E-state index contributed by atoms with van der Waals surface area (Å²) in [5.41, 5.74) is -0.112. The van der Waals surface area contributed by atoms with Crippen LogP contribution >= 0.6 is 11.8 Å². The minimum Gasteiger partial charge on any atom is -0.316 e. The Balaban J connectivity index is 1.99. The Labute approximate surface area is 118 Å². The number of rotatable bonds is 6. The highest BCUT2D eigenvalue weighted by atomic mass is 32.2. The van der Waals surface area contributed by atoms with E-state index in [-0.39, 0.29) is 11.7 Å². The molecule has 1 atom stereocenters. The number of nitrogens with one attached hydrogen (secondary N) is 2. The van der Waals surface area contributed by atoms with Crippen molar-refractivity contribution in [3.63, 3.8) is 0 Å². The molecule has 0 saturated heterocycles. The van der Waals surface area contributed by atoms with Crippen molar-refractivity contribution in [2.75, 3.05) is 12.8 Å². The summed E-state index contributed by atoms with van der Waals surface area (Å²) in [6.45, 7) is 4.01. The molecule has 108 valence electrons. The monoisotopic (exact) mass is 284 g/mol. The molecule has 0 aromatic carbocycles. The zero-order valence-corrected chi connectivity index (χ0v) is 12.8. The molecule has 0 amide bonds. The van der Waals surface area contributed by atoms with Crippen molar-refractivity contribution in [2.24, 2.45) is 5.92 Å². The van der Waals surface area contributed by atoms with Crippen molar-refractivity contribution in [2.45, 2.75) is 56.8 Å². The van der Waals surface area contributed by atoms with Gasteiger partial charge in [0, 0.05) is 17.8 Å². The van der Waals surface area contributed by atoms with Crippen LogP contribution in [0.25, 0.3) is 0 Å². The first-order valence-electron chi connectivity index (χ1n) is 7.10. The fraction of sp³-hybridized carbons (Fsp3) is 0.846. The van der Waals surface area contributed by atoms with Crippen molar-refractivity contribution < 1.29 is 0 Å². The molecule has 2 rings (SSSR count). The molecule has 1 aliphatic rings. The summed E-state index contributed by atoms with van der Waals surface area (Å²) in [5, 5.41) is 10.9. The fourth-order valence-electron chi connectivity index (χ4n) is 2.83. The molecule has 0 aliphatic heterocycles. The first kappa shape index (κ1) is 14.7. The Morgan fingerprint density at radius 3 is 2.74 bits per heavy atom. The quantitative estimate of drug-likeness (QED) is 0.785. The zero-order valence-electron chi connectivity index (χ0n) is 12.0. The van der Waals surface area contributed by atoms with E-state index >= 15 is 0 Å². The minimum absolute atomic E-state index is 0.112. The SMILES string of the molecule is CNC(CSc1n[nH]c(=O)n1C(C)C)C1CCCC1. The van der Waals surface area contributed by atoms with Crippen LogP contribution in [0.15, 0.2) is 9.95 Å². The molecule has 0 bridgehead atoms. The molecule has 1 unspecified atom stereocenters. The highest BCUT2D eigenvalue weighted by Gasteiger charge is 2.24. The summed E-state index contributed by atoms with van der Waals surface area (Å²) in [6.07, 6.45) is 5.35. The second-order valence-corrected chi connectivity index (χ2v) is 6.51. The lowest BCUT2D eigenvalue weighted by Gasteiger charge is -2.22. The molecular formula is C13H24N4OS. The average Bonchev–Trinajstić information content (AvgIpc) is 3.00. The van der Waals surface area contributed by atoms with Gasteiger partial charge in [0.05, 0.1) is 0 Å². The highest BCUT2D eigenvalue weighted by Crippen LogP contribution is 2.30. The van der Waals surface area contributed by atoms with Gasteiger partial charge in [0.1, 0.15) is 0 Å². The van der Waals surface area contributed by atoms with Gasteiger partial charge in [-0.25, -0.2) is 9.89 Å². The smallest absolute Gasteiger partial charge is 0.316 e. The predicted octanol–water partition coefficient (Wildman–Crippen LogP) is 2.02. The van der Waals surface area contributed by atoms with E-state index in [0.29, 0.717) is 6.04 Å². The van der Waals surface area contributed by atoms with Crippen molar-refractivity contribution in [3.8, 4) is 0 Å². The molecule has 5 nitrogen and oxygen atoms in total. The first-order chi connectivity index (χ1) is 9.13. The molecule has 0 radical (unpaired) electrons. The van der Waals surface area contributed by atoms with Gasteiger partial charge in [-0.2, -0.15) is 0 Å². The largest absolute Gasteiger partial charge is 0.344 e. The van der Waals surface area contributed by atoms with Gasteiger partial charge in [-0.3, -0.25) is 4.57 Å². The van der Waals surface area contributed by atoms with E-state index in [1.54, 1.807) is 16.3 Å². The molecule has 1 aromatic heterocycles. The summed E-state index contributed by atoms with van der Waals surface area (Å²) in [7, 11) is 2.03. The van der Waals surface area contributed by atoms with E-state index in [9.17, 15) is 4.79 Å². The van der Waals surface area contributed by atoms with E-state index in [0.717, 1.165) is 16.8 Å². The van der Waals surface area contributed by atoms with Crippen LogP contribution in [0.3, 0.4) is 0 Å². The summed E-state index contributed by atoms with van der Waals surface area (Å²) in [4.78, 5) is 11.7. The van der Waals surface area contributed by atoms with E-state index in [4.69, 9.17) is 0 Å². The molecule has 19 heavy (non-hydrogen) atoms. The maximum Gasteiger partial charge on any atom is 0.344 e. The van der Waals surface area contributed by atoms with Crippen LogP contribution in [0.5, 0.6) is 0 Å². The highest BCUT2D eigenvalue weighted by molar-refractivity contribution is 7.99. The maximum atomic E-state index is 11.7. The number of hydrogen-bond donors (Lipinski definition) is 2. The number of aromatic amines is 1. The van der Waals surface area contributed by atoms with Crippen molar-refractivity contribution in [1.29, 1.82) is 0 Å². The molecular weight excluding hydrogens is 260 g/mol. The minimum atomic E-state index is -0.112. The summed E-state index contributed by atoms with van der Waals surface area (Å²) >= 11 is 1.67. The van der Waals surface area contributed by atoms with Gasteiger partial charge >= 0.3 is 5.69 Å². The van der Waals surface area contributed by atoms with Crippen LogP contribution in [0.1, 0.15) is 45.6 Å². The van der Waals surface area contributed by atoms with Crippen molar-refractivity contribution >= 4 is 11.8 Å². The van der Waals surface area contributed by atoms with Gasteiger partial charge in [0.15, 0.2) is 5.16 Å². The molecule has 1 fully saturated rings. The zero-order chi connectivity index (χ0) is 13.8. The molecule has 1 aromatic rings. The van der Waals surface area contributed by atoms with Crippen LogP contribution in [0.4, 0.5) is 0 Å². The lowest BCUT2D eigenvalue weighted by molar-refractivity contribution is 0.410. The van der Waals surface area contributed by atoms with Gasteiger partial charge in [0.2, 0.25) is 0 Å². The standard InChI is InChI=1S/C13H24N4OS/c1-9(2)17-12(18)15-16-13(17)19-8-11(14-3)10-6-4-5-7-10/h9-11,14H,4-8H2,1-3H3,(H,15,18). The van der Waals surface area contributed by atoms with Gasteiger partial charge in [-0.1, -0.05) is 24.6 Å². The second kappa shape index (κ2) is 6.61. The number of hydrogen-bond acceptors (Lipinski definition) is 4. The number of H-pyrrole nitrogens is 1. The maximum absolute atomic E-state index is 11.7. The topological polar surface area (TPSA) is 62.7 Å². The van der Waals surface area contributed by atoms with Crippen molar-refractivity contribution in [1.82, 2.24) is 20.1 Å². The van der Waals surface area contributed by atoms with E-state index in [1.165, 1.54) is 25.7 Å². The van der Waals surface area contributed by atoms with Crippen LogP contribution in [-0.4, -0.2) is 33.6 Å². The first-order valence-corrected chi connectivity index (χ1v) is 8.09. The van der Waals surface area contributed by atoms with Gasteiger partial charge in [-0.15, -0.1) is 5.10 Å².